The molecule has 1 nitrogen and oxygen atoms in total. The Labute approximate surface area is 239 Å². The van der Waals surface area contributed by atoms with Crippen LogP contribution in [-0.2, 0) is 26.8 Å². The van der Waals surface area contributed by atoms with Gasteiger partial charge in [-0.1, -0.05) is 91.0 Å². The summed E-state index contributed by atoms with van der Waals surface area (Å²) in [5, 5.41) is 6.41. The first-order chi connectivity index (χ1) is 15.3. The molecule has 0 aliphatic heterocycles. The Hall–Kier alpha value is -1.01. The summed E-state index contributed by atoms with van der Waals surface area (Å²) in [4.78, 5) is 6.13. The standard InChI is InChI=1S/C25H22NPS.CH2Cl2.CH3.ClH.Pd/c1-3-11-22(12-4-1)27(23-13-5-2-6-14-23)25-16-8-7-10-21(25)20-26-18-17-24-15-9-19-28-24;2-1-3;;;/h1-16,19-20H,17-18H2;1H2;1H3;1H;/q;;-1;;+2/p-1. The van der Waals surface area contributed by atoms with Crippen molar-refractivity contribution in [3.63, 3.8) is 0 Å². The van der Waals surface area contributed by atoms with Crippen molar-refractivity contribution < 1.29 is 32.8 Å². The summed E-state index contributed by atoms with van der Waals surface area (Å²) in [6.07, 6.45) is 3.06. The van der Waals surface area contributed by atoms with Gasteiger partial charge >= 0.3 is 20.4 Å². The quantitative estimate of drug-likeness (QED) is 0.0951. The molecule has 3 aromatic carbocycles. The largest absolute Gasteiger partial charge is 2.00 e. The van der Waals surface area contributed by atoms with Crippen LogP contribution in [0.4, 0.5) is 0 Å². The van der Waals surface area contributed by atoms with Crippen LogP contribution in [0.1, 0.15) is 10.4 Å². The van der Waals surface area contributed by atoms with Crippen LogP contribution in [-0.4, -0.2) is 18.1 Å². The van der Waals surface area contributed by atoms with Gasteiger partial charge in [-0.25, -0.2) is 0 Å². The topological polar surface area (TPSA) is 12.4 Å². The van der Waals surface area contributed by atoms with Crippen molar-refractivity contribution >= 4 is 64.6 Å². The Morgan fingerprint density at radius 1 is 0.765 bits per heavy atom. The fourth-order valence-electron chi connectivity index (χ4n) is 3.17. The second-order valence-corrected chi connectivity index (χ2v) is 10.6. The van der Waals surface area contributed by atoms with E-state index in [1.807, 2.05) is 0 Å². The predicted molar refractivity (Wildman–Crippen MR) is 149 cm³/mol. The summed E-state index contributed by atoms with van der Waals surface area (Å²) in [5.41, 5.74) is 1.22. The molecule has 4 rings (SSSR count). The van der Waals surface area contributed by atoms with E-state index in [1.54, 1.807) is 11.3 Å². The third-order valence-electron chi connectivity index (χ3n) is 4.50. The maximum Gasteiger partial charge on any atom is 2.00 e. The summed E-state index contributed by atoms with van der Waals surface area (Å²) in [5.74, 6) is 0. The van der Waals surface area contributed by atoms with E-state index in [2.05, 4.69) is 109 Å². The Balaban J connectivity index is 0.00000173. The van der Waals surface area contributed by atoms with Crippen molar-refractivity contribution in [2.75, 3.05) is 11.9 Å². The second-order valence-electron chi connectivity index (χ2n) is 6.53. The van der Waals surface area contributed by atoms with Crippen LogP contribution in [0.25, 0.3) is 0 Å². The van der Waals surface area contributed by atoms with E-state index < -0.39 is 7.92 Å². The zero-order valence-electron chi connectivity index (χ0n) is 18.8. The van der Waals surface area contributed by atoms with Crippen LogP contribution < -0.4 is 28.3 Å². The van der Waals surface area contributed by atoms with Gasteiger partial charge in [-0.15, -0.1) is 34.5 Å². The maximum absolute atomic E-state index is 4.76. The Morgan fingerprint density at radius 3 is 1.82 bits per heavy atom. The van der Waals surface area contributed by atoms with Crippen LogP contribution in [0.15, 0.2) is 107 Å². The van der Waals surface area contributed by atoms with Crippen LogP contribution >= 0.6 is 42.5 Å². The molecule has 0 aliphatic rings. The van der Waals surface area contributed by atoms with Crippen LogP contribution in [0.2, 0.25) is 0 Å². The van der Waals surface area contributed by atoms with E-state index in [0.717, 1.165) is 13.0 Å². The molecule has 0 fully saturated rings. The van der Waals surface area contributed by atoms with E-state index in [-0.39, 0.29) is 45.6 Å². The van der Waals surface area contributed by atoms with Crippen LogP contribution in [0.5, 0.6) is 0 Å². The Bertz CT molecular complexity index is 1010. The zero-order valence-corrected chi connectivity index (χ0v) is 24.3. The molecule has 0 spiro atoms. The van der Waals surface area contributed by atoms with Gasteiger partial charge in [0.05, 0.1) is 5.34 Å². The number of aliphatic imine (C=N–C) groups is 1. The van der Waals surface area contributed by atoms with Crippen molar-refractivity contribution in [2.24, 2.45) is 4.99 Å². The van der Waals surface area contributed by atoms with Gasteiger partial charge in [-0.05, 0) is 35.3 Å². The maximum atomic E-state index is 4.76. The van der Waals surface area contributed by atoms with Crippen molar-refractivity contribution in [3.8, 4) is 0 Å². The number of halogens is 3. The third-order valence-corrected chi connectivity index (χ3v) is 7.96. The van der Waals surface area contributed by atoms with Crippen LogP contribution in [0, 0.1) is 7.43 Å². The fourth-order valence-corrected chi connectivity index (χ4v) is 6.29. The summed E-state index contributed by atoms with van der Waals surface area (Å²) in [6.45, 7) is 0.823. The van der Waals surface area contributed by atoms with Crippen LogP contribution in [0.3, 0.4) is 0 Å². The molecule has 0 aliphatic carbocycles. The minimum Gasteiger partial charge on any atom is -1.00 e. The normalized spacial score (nSPS) is 9.85. The van der Waals surface area contributed by atoms with E-state index in [4.69, 9.17) is 28.2 Å². The molecular weight excluding hydrogens is 614 g/mol. The molecule has 0 N–H and O–H groups in total. The van der Waals surface area contributed by atoms with Gasteiger partial charge in [0.2, 0.25) is 0 Å². The number of alkyl halides is 2. The Morgan fingerprint density at radius 2 is 1.29 bits per heavy atom. The van der Waals surface area contributed by atoms with Gasteiger partial charge in [-0.3, -0.25) is 4.99 Å². The summed E-state index contributed by atoms with van der Waals surface area (Å²) >= 11 is 11.3. The van der Waals surface area contributed by atoms with Gasteiger partial charge in [0, 0.05) is 29.6 Å². The van der Waals surface area contributed by atoms with Crippen molar-refractivity contribution in [1.29, 1.82) is 0 Å². The Kier molecular flexibility index (Phi) is 18.6. The number of nitrogens with zero attached hydrogens (tertiary/aromatic N) is 1. The molecule has 34 heavy (non-hydrogen) atoms. The van der Waals surface area contributed by atoms with Gasteiger partial charge in [-0.2, -0.15) is 0 Å². The fraction of sp³-hybridized carbons (Fsp3) is 0.111. The number of benzene rings is 3. The minimum absolute atomic E-state index is 0. The van der Waals surface area contributed by atoms with Gasteiger partial charge in [0.15, 0.2) is 0 Å². The molecule has 0 radical (unpaired) electrons. The molecule has 0 saturated carbocycles. The van der Waals surface area contributed by atoms with Crippen molar-refractivity contribution in [3.05, 3.63) is 120 Å². The summed E-state index contributed by atoms with van der Waals surface area (Å²) in [6, 6.07) is 34.6. The molecule has 0 unspecified atom stereocenters. The number of thiophene rings is 1. The van der Waals surface area contributed by atoms with E-state index in [1.165, 1.54) is 26.4 Å². The molecule has 7 heteroatoms. The molecule has 4 aromatic rings. The molecule has 0 bridgehead atoms. The number of hydrogen-bond donors (Lipinski definition) is 0. The molecule has 0 amide bonds. The first-order valence-electron chi connectivity index (χ1n) is 9.97. The van der Waals surface area contributed by atoms with Crippen molar-refractivity contribution in [1.82, 2.24) is 0 Å². The van der Waals surface area contributed by atoms with E-state index >= 15 is 0 Å². The van der Waals surface area contributed by atoms with Gasteiger partial charge < -0.3 is 19.8 Å². The average molecular weight is 641 g/mol. The van der Waals surface area contributed by atoms with Crippen molar-refractivity contribution in [2.45, 2.75) is 6.42 Å². The monoisotopic (exact) mass is 639 g/mol. The summed E-state index contributed by atoms with van der Waals surface area (Å²) < 4.78 is 0. The predicted octanol–water partition coefficient (Wildman–Crippen LogP) is 4.04. The SMILES string of the molecule is C(=NCCc1cccs1)c1ccccc1P(c1ccccc1)c1ccccc1.ClCCl.[CH3-].[Cl-].[Pd+2]. The van der Waals surface area contributed by atoms with E-state index in [9.17, 15) is 0 Å². The second kappa shape index (κ2) is 19.2. The minimum atomic E-state index is -0.613. The zero-order chi connectivity index (χ0) is 21.7. The van der Waals surface area contributed by atoms with E-state index in [0.29, 0.717) is 0 Å². The molecule has 0 atom stereocenters. The van der Waals surface area contributed by atoms with Gasteiger partial charge in [0.1, 0.15) is 0 Å². The van der Waals surface area contributed by atoms with Gasteiger partial charge in [0.25, 0.3) is 0 Å². The first-order valence-corrected chi connectivity index (χ1v) is 13.3. The molecule has 182 valence electrons. The number of rotatable bonds is 7. The smallest absolute Gasteiger partial charge is 1.00 e. The summed E-state index contributed by atoms with van der Waals surface area (Å²) in [7, 11) is -0.613. The molecule has 1 heterocycles. The third kappa shape index (κ3) is 10.3. The number of hydrogen-bond acceptors (Lipinski definition) is 2. The first kappa shape index (κ1) is 33.0. The average Bonchev–Trinajstić information content (AvgIpc) is 3.34. The molecule has 1 aromatic heterocycles. The molecular formula is C27H27Cl3NPPdS. The molecule has 0 saturated heterocycles.